The molecule has 1 aromatic heterocycles. The fraction of sp³-hybridized carbons (Fsp3) is 0.615. The lowest BCUT2D eigenvalue weighted by molar-refractivity contribution is -0.137. The van der Waals surface area contributed by atoms with Gasteiger partial charge >= 0.3 is 6.18 Å². The molecule has 0 aliphatic carbocycles. The number of methoxy groups -OCH3 is 1. The third kappa shape index (κ3) is 5.34. The number of rotatable bonds is 7. The molecule has 0 N–H and O–H groups in total. The van der Waals surface area contributed by atoms with Crippen molar-refractivity contribution in [3.05, 3.63) is 23.9 Å². The van der Waals surface area contributed by atoms with Crippen LogP contribution in [0, 0.1) is 0 Å². The van der Waals surface area contributed by atoms with Gasteiger partial charge in [-0.1, -0.05) is 0 Å². The van der Waals surface area contributed by atoms with Gasteiger partial charge in [0, 0.05) is 32.9 Å². The number of ether oxygens (including phenoxy) is 1. The topological polar surface area (TPSA) is 28.6 Å². The summed E-state index contributed by atoms with van der Waals surface area (Å²) in [7, 11) is 5.47. The molecular weight excluding hydrogens is 271 g/mol. The molecule has 1 rings (SSSR count). The van der Waals surface area contributed by atoms with Crippen LogP contribution in [-0.4, -0.2) is 57.3 Å². The molecule has 0 bridgehead atoms. The van der Waals surface area contributed by atoms with E-state index in [1.54, 1.807) is 7.11 Å². The molecule has 1 aromatic rings. The van der Waals surface area contributed by atoms with E-state index in [2.05, 4.69) is 4.98 Å². The van der Waals surface area contributed by atoms with E-state index >= 15 is 0 Å². The zero-order chi connectivity index (χ0) is 15.2. The van der Waals surface area contributed by atoms with E-state index in [0.717, 1.165) is 18.8 Å². The van der Waals surface area contributed by atoms with Crippen LogP contribution in [0.25, 0.3) is 0 Å². The van der Waals surface area contributed by atoms with E-state index in [0.29, 0.717) is 25.5 Å². The molecule has 0 fully saturated rings. The number of aromatic nitrogens is 1. The minimum absolute atomic E-state index is 0.496. The maximum atomic E-state index is 12.5. The van der Waals surface area contributed by atoms with Crippen molar-refractivity contribution in [1.29, 1.82) is 0 Å². The fourth-order valence-corrected chi connectivity index (χ4v) is 1.60. The summed E-state index contributed by atoms with van der Waals surface area (Å²) in [5.41, 5.74) is -0.736. The second kappa shape index (κ2) is 7.44. The van der Waals surface area contributed by atoms with Crippen LogP contribution in [0.3, 0.4) is 0 Å². The molecule has 114 valence electrons. The van der Waals surface area contributed by atoms with Crippen LogP contribution in [-0.2, 0) is 10.9 Å². The summed E-state index contributed by atoms with van der Waals surface area (Å²) in [5, 5.41) is 0. The van der Waals surface area contributed by atoms with Crippen LogP contribution in [0.5, 0.6) is 0 Å². The Bertz CT molecular complexity index is 393. The van der Waals surface area contributed by atoms with Crippen LogP contribution in [0.2, 0.25) is 0 Å². The molecule has 7 heteroatoms. The maximum Gasteiger partial charge on any atom is 0.417 e. The van der Waals surface area contributed by atoms with Gasteiger partial charge in [-0.05, 0) is 26.2 Å². The summed E-state index contributed by atoms with van der Waals surface area (Å²) in [4.78, 5) is 7.82. The number of anilines is 1. The number of halogens is 3. The molecule has 0 amide bonds. The van der Waals surface area contributed by atoms with Crippen LogP contribution in [0.1, 0.15) is 5.56 Å². The van der Waals surface area contributed by atoms with E-state index in [4.69, 9.17) is 4.74 Å². The summed E-state index contributed by atoms with van der Waals surface area (Å²) in [6.07, 6.45) is -3.49. The summed E-state index contributed by atoms with van der Waals surface area (Å²) >= 11 is 0. The lowest BCUT2D eigenvalue weighted by Gasteiger charge is -2.25. The molecule has 20 heavy (non-hydrogen) atoms. The van der Waals surface area contributed by atoms with Crippen molar-refractivity contribution in [2.45, 2.75) is 6.18 Å². The minimum Gasteiger partial charge on any atom is -0.383 e. The zero-order valence-corrected chi connectivity index (χ0v) is 11.9. The lowest BCUT2D eigenvalue weighted by Crippen LogP contribution is -2.34. The van der Waals surface area contributed by atoms with Gasteiger partial charge in [-0.25, -0.2) is 4.98 Å². The van der Waals surface area contributed by atoms with E-state index in [1.165, 1.54) is 6.07 Å². The van der Waals surface area contributed by atoms with Gasteiger partial charge in [-0.3, -0.25) is 0 Å². The molecule has 1 heterocycles. The van der Waals surface area contributed by atoms with Crippen LogP contribution in [0.15, 0.2) is 18.3 Å². The summed E-state index contributed by atoms with van der Waals surface area (Å²) < 4.78 is 42.5. The average molecular weight is 291 g/mol. The highest BCUT2D eigenvalue weighted by Crippen LogP contribution is 2.29. The minimum atomic E-state index is -4.35. The molecule has 4 nitrogen and oxygen atoms in total. The van der Waals surface area contributed by atoms with E-state index in [9.17, 15) is 13.2 Å². The molecule has 0 aliphatic rings. The normalized spacial score (nSPS) is 11.9. The van der Waals surface area contributed by atoms with Crippen LogP contribution < -0.4 is 4.90 Å². The van der Waals surface area contributed by atoms with Crippen molar-refractivity contribution < 1.29 is 17.9 Å². The Morgan fingerprint density at radius 2 is 1.85 bits per heavy atom. The molecule has 0 atom stereocenters. The number of hydrogen-bond donors (Lipinski definition) is 0. The molecule has 0 aromatic carbocycles. The smallest absolute Gasteiger partial charge is 0.383 e. The predicted octanol–water partition coefficient (Wildman–Crippen LogP) is 2.11. The Balaban J connectivity index is 2.79. The standard InChI is InChI=1S/C13H20F3N3O/c1-18(2)6-7-19(8-9-20-3)12-5-4-11(10-17-12)13(14,15)16/h4-5,10H,6-9H2,1-3H3. The van der Waals surface area contributed by atoms with Crippen LogP contribution in [0.4, 0.5) is 19.0 Å². The average Bonchev–Trinajstić information content (AvgIpc) is 2.38. The maximum absolute atomic E-state index is 12.5. The second-order valence-corrected chi connectivity index (χ2v) is 4.69. The Kier molecular flexibility index (Phi) is 6.22. The van der Waals surface area contributed by atoms with Gasteiger partial charge in [0.1, 0.15) is 5.82 Å². The van der Waals surface area contributed by atoms with Crippen molar-refractivity contribution in [1.82, 2.24) is 9.88 Å². The van der Waals surface area contributed by atoms with Crippen molar-refractivity contribution in [3.63, 3.8) is 0 Å². The highest BCUT2D eigenvalue weighted by Gasteiger charge is 2.30. The SMILES string of the molecule is COCCN(CCN(C)C)c1ccc(C(F)(F)F)cn1. The summed E-state index contributed by atoms with van der Waals surface area (Å²) in [6.45, 7) is 2.54. The Morgan fingerprint density at radius 3 is 2.30 bits per heavy atom. The predicted molar refractivity (Wildman–Crippen MR) is 71.9 cm³/mol. The van der Waals surface area contributed by atoms with Crippen molar-refractivity contribution >= 4 is 5.82 Å². The number of nitrogens with zero attached hydrogens (tertiary/aromatic N) is 3. The monoisotopic (exact) mass is 291 g/mol. The molecule has 0 unspecified atom stereocenters. The van der Waals surface area contributed by atoms with Crippen molar-refractivity contribution in [2.24, 2.45) is 0 Å². The van der Waals surface area contributed by atoms with E-state index < -0.39 is 11.7 Å². The summed E-state index contributed by atoms with van der Waals surface area (Å²) in [5.74, 6) is 0.525. The summed E-state index contributed by atoms with van der Waals surface area (Å²) in [6, 6.07) is 2.45. The molecule has 0 aliphatic heterocycles. The van der Waals surface area contributed by atoms with Crippen molar-refractivity contribution in [2.75, 3.05) is 52.3 Å². The van der Waals surface area contributed by atoms with Gasteiger partial charge in [-0.2, -0.15) is 13.2 Å². The first kappa shape index (κ1) is 16.7. The molecule has 0 saturated carbocycles. The Hall–Kier alpha value is -1.34. The Morgan fingerprint density at radius 1 is 1.15 bits per heavy atom. The van der Waals surface area contributed by atoms with Gasteiger partial charge in [0.2, 0.25) is 0 Å². The number of hydrogen-bond acceptors (Lipinski definition) is 4. The van der Waals surface area contributed by atoms with E-state index in [-0.39, 0.29) is 0 Å². The molecule has 0 radical (unpaired) electrons. The van der Waals surface area contributed by atoms with Gasteiger partial charge in [0.25, 0.3) is 0 Å². The largest absolute Gasteiger partial charge is 0.417 e. The first-order valence-electron chi connectivity index (χ1n) is 6.26. The number of alkyl halides is 3. The third-order valence-corrected chi connectivity index (χ3v) is 2.78. The highest BCUT2D eigenvalue weighted by molar-refractivity contribution is 5.39. The molecule has 0 saturated heterocycles. The fourth-order valence-electron chi connectivity index (χ4n) is 1.60. The first-order valence-corrected chi connectivity index (χ1v) is 6.26. The zero-order valence-electron chi connectivity index (χ0n) is 11.9. The van der Waals surface area contributed by atoms with Gasteiger partial charge in [0.15, 0.2) is 0 Å². The lowest BCUT2D eigenvalue weighted by atomic mass is 10.2. The second-order valence-electron chi connectivity index (χ2n) is 4.69. The number of pyridine rings is 1. The number of likely N-dealkylation sites (N-methyl/N-ethyl adjacent to an activating group) is 1. The van der Waals surface area contributed by atoms with Gasteiger partial charge in [-0.15, -0.1) is 0 Å². The first-order chi connectivity index (χ1) is 9.34. The van der Waals surface area contributed by atoms with Crippen LogP contribution >= 0.6 is 0 Å². The Labute approximate surface area is 117 Å². The van der Waals surface area contributed by atoms with Gasteiger partial charge < -0.3 is 14.5 Å². The van der Waals surface area contributed by atoms with Crippen molar-refractivity contribution in [3.8, 4) is 0 Å². The molecular formula is C13H20F3N3O. The third-order valence-electron chi connectivity index (χ3n) is 2.78. The van der Waals surface area contributed by atoms with Gasteiger partial charge in [0.05, 0.1) is 12.2 Å². The molecule has 0 spiro atoms. The van der Waals surface area contributed by atoms with E-state index in [1.807, 2.05) is 23.9 Å². The highest BCUT2D eigenvalue weighted by atomic mass is 19.4. The quantitative estimate of drug-likeness (QED) is 0.769.